The summed E-state index contributed by atoms with van der Waals surface area (Å²) >= 11 is 0. The van der Waals surface area contributed by atoms with Crippen LogP contribution in [0, 0.1) is 17.8 Å². The number of rotatable bonds is 4. The summed E-state index contributed by atoms with van der Waals surface area (Å²) in [4.78, 5) is 0. The van der Waals surface area contributed by atoms with Crippen LogP contribution in [0.5, 0.6) is 0 Å². The van der Waals surface area contributed by atoms with Crippen molar-refractivity contribution in [3.8, 4) is 11.8 Å². The van der Waals surface area contributed by atoms with Crippen LogP contribution in [-0.4, -0.2) is 11.7 Å². The largest absolute Gasteiger partial charge is 0.396 e. The minimum Gasteiger partial charge on any atom is -0.396 e. The highest BCUT2D eigenvalue weighted by atomic mass is 16.2. The zero-order valence-corrected chi connectivity index (χ0v) is 6.85. The predicted octanol–water partition coefficient (Wildman–Crippen LogP) is 1.81. The van der Waals surface area contributed by atoms with Crippen LogP contribution in [-0.2, 0) is 0 Å². The van der Waals surface area contributed by atoms with E-state index < -0.39 is 0 Å². The van der Waals surface area contributed by atoms with Crippen LogP contribution in [0.1, 0.15) is 33.1 Å². The lowest BCUT2D eigenvalue weighted by atomic mass is 10.0. The van der Waals surface area contributed by atoms with Crippen LogP contribution in [0.15, 0.2) is 0 Å². The lowest BCUT2D eigenvalue weighted by molar-refractivity contribution is 0.259. The van der Waals surface area contributed by atoms with Crippen molar-refractivity contribution in [3.63, 3.8) is 0 Å². The van der Waals surface area contributed by atoms with Crippen molar-refractivity contribution in [2.75, 3.05) is 6.61 Å². The minimum absolute atomic E-state index is 0.306. The molecule has 0 spiro atoms. The molecule has 0 radical (unpaired) electrons. The average Bonchev–Trinajstić information content (AvgIpc) is 1.89. The summed E-state index contributed by atoms with van der Waals surface area (Å²) in [6.45, 7) is 4.31. The third-order valence-corrected chi connectivity index (χ3v) is 1.56. The molecule has 0 heterocycles. The van der Waals surface area contributed by atoms with E-state index in [4.69, 9.17) is 5.11 Å². The second-order valence-corrected chi connectivity index (χ2v) is 2.58. The van der Waals surface area contributed by atoms with E-state index in [1.165, 1.54) is 0 Å². The van der Waals surface area contributed by atoms with E-state index in [9.17, 15) is 0 Å². The Hall–Kier alpha value is -0.480. The zero-order valence-electron chi connectivity index (χ0n) is 6.85. The molecule has 0 aromatic carbocycles. The van der Waals surface area contributed by atoms with Gasteiger partial charge in [0.15, 0.2) is 0 Å². The molecule has 1 nitrogen and oxygen atoms in total. The molecule has 0 aromatic heterocycles. The van der Waals surface area contributed by atoms with E-state index in [-0.39, 0.29) is 0 Å². The van der Waals surface area contributed by atoms with E-state index in [2.05, 4.69) is 18.8 Å². The van der Waals surface area contributed by atoms with Gasteiger partial charge in [-0.2, -0.15) is 0 Å². The third-order valence-electron chi connectivity index (χ3n) is 1.56. The fourth-order valence-corrected chi connectivity index (χ4v) is 0.808. The Kier molecular flexibility index (Phi) is 6.32. The van der Waals surface area contributed by atoms with Crippen LogP contribution < -0.4 is 0 Å². The molecular weight excluding hydrogens is 124 g/mol. The fraction of sp³-hybridized carbons (Fsp3) is 0.778. The molecule has 0 rings (SSSR count). The van der Waals surface area contributed by atoms with Crippen LogP contribution in [0.2, 0.25) is 0 Å². The normalized spacial score (nSPS) is 11.9. The first kappa shape index (κ1) is 9.52. The van der Waals surface area contributed by atoms with Gasteiger partial charge >= 0.3 is 0 Å². The zero-order chi connectivity index (χ0) is 7.82. The summed E-state index contributed by atoms with van der Waals surface area (Å²) in [6, 6.07) is 0. The van der Waals surface area contributed by atoms with E-state index >= 15 is 0 Å². The molecule has 10 heavy (non-hydrogen) atoms. The maximum absolute atomic E-state index is 8.56. The Morgan fingerprint density at radius 2 is 2.10 bits per heavy atom. The van der Waals surface area contributed by atoms with Gasteiger partial charge in [-0.05, 0) is 25.7 Å². The van der Waals surface area contributed by atoms with Crippen molar-refractivity contribution in [2.24, 2.45) is 5.92 Å². The smallest absolute Gasteiger partial charge is 0.0433 e. The molecule has 0 saturated heterocycles. The van der Waals surface area contributed by atoms with Crippen LogP contribution in [0.3, 0.4) is 0 Å². The molecule has 58 valence electrons. The van der Waals surface area contributed by atoms with Gasteiger partial charge in [0.05, 0.1) is 0 Å². The fourth-order valence-electron chi connectivity index (χ4n) is 0.808. The molecular formula is C9H16O. The molecule has 1 heteroatoms. The number of aliphatic hydroxyl groups excluding tert-OH is 1. The van der Waals surface area contributed by atoms with E-state index in [1.54, 1.807) is 0 Å². The van der Waals surface area contributed by atoms with Gasteiger partial charge < -0.3 is 5.11 Å². The standard InChI is InChI=1S/C9H16O/c1-3-4-5-6-9(2)7-8-10/h9-10H,5-8H2,1-2H3. The van der Waals surface area contributed by atoms with Crippen molar-refractivity contribution in [1.29, 1.82) is 0 Å². The van der Waals surface area contributed by atoms with Gasteiger partial charge in [0.1, 0.15) is 0 Å². The minimum atomic E-state index is 0.306. The maximum Gasteiger partial charge on any atom is 0.0433 e. The first-order chi connectivity index (χ1) is 4.81. The molecule has 0 aromatic rings. The second-order valence-electron chi connectivity index (χ2n) is 2.58. The Morgan fingerprint density at radius 1 is 1.40 bits per heavy atom. The highest BCUT2D eigenvalue weighted by Crippen LogP contribution is 2.07. The van der Waals surface area contributed by atoms with Gasteiger partial charge in [-0.3, -0.25) is 0 Å². The molecule has 0 aliphatic rings. The lowest BCUT2D eigenvalue weighted by Crippen LogP contribution is -1.96. The summed E-state index contributed by atoms with van der Waals surface area (Å²) in [6.07, 6.45) is 2.99. The van der Waals surface area contributed by atoms with Crippen molar-refractivity contribution < 1.29 is 5.11 Å². The highest BCUT2D eigenvalue weighted by Gasteiger charge is 1.97. The lowest BCUT2D eigenvalue weighted by Gasteiger charge is -2.04. The topological polar surface area (TPSA) is 20.2 Å². The molecule has 0 aliphatic carbocycles. The summed E-state index contributed by atoms with van der Waals surface area (Å²) in [5.74, 6) is 6.48. The molecule has 0 saturated carbocycles. The third kappa shape index (κ3) is 5.65. The van der Waals surface area contributed by atoms with E-state index in [0.717, 1.165) is 19.3 Å². The van der Waals surface area contributed by atoms with Gasteiger partial charge in [-0.1, -0.05) is 6.92 Å². The average molecular weight is 140 g/mol. The molecule has 1 N–H and O–H groups in total. The Labute approximate surface area is 63.5 Å². The van der Waals surface area contributed by atoms with E-state index in [0.29, 0.717) is 12.5 Å². The molecule has 0 bridgehead atoms. The SMILES string of the molecule is CC#CCCC(C)CCO. The summed E-state index contributed by atoms with van der Waals surface area (Å²) in [5.41, 5.74) is 0. The Bertz CT molecular complexity index is 118. The van der Waals surface area contributed by atoms with Crippen molar-refractivity contribution in [2.45, 2.75) is 33.1 Å². The van der Waals surface area contributed by atoms with Gasteiger partial charge in [-0.15, -0.1) is 11.8 Å². The van der Waals surface area contributed by atoms with Crippen molar-refractivity contribution in [3.05, 3.63) is 0 Å². The summed E-state index contributed by atoms with van der Waals surface area (Å²) < 4.78 is 0. The van der Waals surface area contributed by atoms with Crippen LogP contribution in [0.4, 0.5) is 0 Å². The molecule has 0 fully saturated rings. The maximum atomic E-state index is 8.56. The van der Waals surface area contributed by atoms with Gasteiger partial charge in [0.25, 0.3) is 0 Å². The second kappa shape index (κ2) is 6.64. The number of aliphatic hydroxyl groups is 1. The Morgan fingerprint density at radius 3 is 2.60 bits per heavy atom. The van der Waals surface area contributed by atoms with Gasteiger partial charge in [0.2, 0.25) is 0 Å². The molecule has 0 aliphatic heterocycles. The predicted molar refractivity (Wildman–Crippen MR) is 43.6 cm³/mol. The number of hydrogen-bond donors (Lipinski definition) is 1. The Balaban J connectivity index is 3.18. The highest BCUT2D eigenvalue weighted by molar-refractivity contribution is 4.94. The van der Waals surface area contributed by atoms with Crippen LogP contribution in [0.25, 0.3) is 0 Å². The monoisotopic (exact) mass is 140 g/mol. The quantitative estimate of drug-likeness (QED) is 0.590. The first-order valence-corrected chi connectivity index (χ1v) is 3.81. The van der Waals surface area contributed by atoms with Gasteiger partial charge in [0, 0.05) is 13.0 Å². The van der Waals surface area contributed by atoms with E-state index in [1.807, 2.05) is 6.92 Å². The molecule has 0 amide bonds. The summed E-state index contributed by atoms with van der Waals surface area (Å²) in [5, 5.41) is 8.56. The molecule has 1 atom stereocenters. The molecule has 1 unspecified atom stereocenters. The van der Waals surface area contributed by atoms with Gasteiger partial charge in [-0.25, -0.2) is 0 Å². The first-order valence-electron chi connectivity index (χ1n) is 3.81. The van der Waals surface area contributed by atoms with Crippen molar-refractivity contribution >= 4 is 0 Å². The number of hydrogen-bond acceptors (Lipinski definition) is 1. The van der Waals surface area contributed by atoms with Crippen LogP contribution >= 0.6 is 0 Å². The summed E-state index contributed by atoms with van der Waals surface area (Å²) in [7, 11) is 0. The van der Waals surface area contributed by atoms with Crippen molar-refractivity contribution in [1.82, 2.24) is 0 Å².